The number of esters is 1. The van der Waals surface area contributed by atoms with Crippen LogP contribution in [0, 0.1) is 6.92 Å². The standard InChI is InChI=1S/C24H25NO7S/c1-15-7-8-21-19(11-23(26)32-22(21)9-15)14-30-24(27)18-5-4-6-20(10-18)33(28,29)25-12-16(2)31-17(3)13-25/h4-11,16-17H,12-14H2,1-3H3. The lowest BCUT2D eigenvalue weighted by Gasteiger charge is -2.34. The molecule has 8 nitrogen and oxygen atoms in total. The largest absolute Gasteiger partial charge is 0.457 e. The van der Waals surface area contributed by atoms with E-state index in [0.29, 0.717) is 16.5 Å². The quantitative estimate of drug-likeness (QED) is 0.416. The summed E-state index contributed by atoms with van der Waals surface area (Å²) in [5.41, 5.74) is 1.42. The fourth-order valence-electron chi connectivity index (χ4n) is 3.94. The van der Waals surface area contributed by atoms with Crippen molar-refractivity contribution < 1.29 is 27.1 Å². The summed E-state index contributed by atoms with van der Waals surface area (Å²) in [6, 6.07) is 12.5. The monoisotopic (exact) mass is 471 g/mol. The molecule has 2 atom stereocenters. The third-order valence-electron chi connectivity index (χ3n) is 5.44. The number of hydrogen-bond acceptors (Lipinski definition) is 7. The SMILES string of the molecule is Cc1ccc2c(COC(=O)c3cccc(S(=O)(=O)N4CC(C)OC(C)C4)c3)cc(=O)oc2c1. The molecule has 1 saturated heterocycles. The lowest BCUT2D eigenvalue weighted by atomic mass is 10.1. The lowest BCUT2D eigenvalue weighted by molar-refractivity contribution is -0.0440. The van der Waals surface area contributed by atoms with Gasteiger partial charge in [0.05, 0.1) is 22.7 Å². The van der Waals surface area contributed by atoms with E-state index in [2.05, 4.69) is 0 Å². The van der Waals surface area contributed by atoms with Gasteiger partial charge in [-0.1, -0.05) is 18.2 Å². The van der Waals surface area contributed by atoms with Crippen molar-refractivity contribution in [3.05, 3.63) is 75.6 Å². The van der Waals surface area contributed by atoms with Crippen molar-refractivity contribution >= 4 is 27.0 Å². The molecule has 2 unspecified atom stereocenters. The van der Waals surface area contributed by atoms with E-state index in [4.69, 9.17) is 13.9 Å². The van der Waals surface area contributed by atoms with E-state index in [1.807, 2.05) is 26.8 Å². The second kappa shape index (κ2) is 9.09. The molecule has 1 aliphatic rings. The lowest BCUT2D eigenvalue weighted by Crippen LogP contribution is -2.48. The maximum absolute atomic E-state index is 13.1. The summed E-state index contributed by atoms with van der Waals surface area (Å²) in [7, 11) is -3.80. The number of benzene rings is 2. The maximum Gasteiger partial charge on any atom is 0.338 e. The van der Waals surface area contributed by atoms with Crippen LogP contribution in [0.5, 0.6) is 0 Å². The van der Waals surface area contributed by atoms with Crippen molar-refractivity contribution in [1.29, 1.82) is 0 Å². The van der Waals surface area contributed by atoms with E-state index in [1.165, 1.54) is 34.6 Å². The fraction of sp³-hybridized carbons (Fsp3) is 0.333. The molecule has 0 radical (unpaired) electrons. The summed E-state index contributed by atoms with van der Waals surface area (Å²) < 4.78 is 43.9. The highest BCUT2D eigenvalue weighted by atomic mass is 32.2. The number of carbonyl (C=O) groups excluding carboxylic acids is 1. The van der Waals surface area contributed by atoms with Crippen molar-refractivity contribution in [3.63, 3.8) is 0 Å². The first-order valence-electron chi connectivity index (χ1n) is 10.6. The Morgan fingerprint density at radius 2 is 1.82 bits per heavy atom. The van der Waals surface area contributed by atoms with Crippen LogP contribution in [-0.4, -0.2) is 44.0 Å². The predicted octanol–water partition coefficient (Wildman–Crippen LogP) is 3.26. The van der Waals surface area contributed by atoms with Crippen LogP contribution in [0.2, 0.25) is 0 Å². The van der Waals surface area contributed by atoms with E-state index in [9.17, 15) is 18.0 Å². The molecular weight excluding hydrogens is 446 g/mol. The zero-order valence-corrected chi connectivity index (χ0v) is 19.4. The third kappa shape index (κ3) is 5.00. The number of rotatable bonds is 5. The number of ether oxygens (including phenoxy) is 2. The molecule has 0 spiro atoms. The van der Waals surface area contributed by atoms with E-state index in [-0.39, 0.29) is 42.4 Å². The first-order chi connectivity index (χ1) is 15.6. The molecule has 174 valence electrons. The van der Waals surface area contributed by atoms with Crippen LogP contribution >= 0.6 is 0 Å². The van der Waals surface area contributed by atoms with Gasteiger partial charge in [0.1, 0.15) is 12.2 Å². The van der Waals surface area contributed by atoms with Crippen LogP contribution in [0.3, 0.4) is 0 Å². The van der Waals surface area contributed by atoms with Crippen LogP contribution < -0.4 is 5.63 Å². The number of sulfonamides is 1. The normalized spacial score (nSPS) is 19.5. The van der Waals surface area contributed by atoms with Crippen molar-refractivity contribution in [3.8, 4) is 0 Å². The third-order valence-corrected chi connectivity index (χ3v) is 7.27. The Morgan fingerprint density at radius 3 is 2.55 bits per heavy atom. The van der Waals surface area contributed by atoms with Gasteiger partial charge in [-0.05, 0) is 50.6 Å². The van der Waals surface area contributed by atoms with Crippen LogP contribution in [0.4, 0.5) is 0 Å². The van der Waals surface area contributed by atoms with Gasteiger partial charge in [-0.25, -0.2) is 18.0 Å². The predicted molar refractivity (Wildman–Crippen MR) is 122 cm³/mol. The van der Waals surface area contributed by atoms with Gasteiger partial charge in [-0.15, -0.1) is 0 Å². The van der Waals surface area contributed by atoms with Crippen LogP contribution in [-0.2, 0) is 26.1 Å². The molecule has 3 aromatic rings. The average Bonchev–Trinajstić information content (AvgIpc) is 2.76. The molecule has 9 heteroatoms. The van der Waals surface area contributed by atoms with Gasteiger partial charge in [0.15, 0.2) is 0 Å². The Morgan fingerprint density at radius 1 is 1.09 bits per heavy atom. The van der Waals surface area contributed by atoms with E-state index in [1.54, 1.807) is 12.1 Å². The molecule has 2 heterocycles. The molecule has 4 rings (SSSR count). The number of aryl methyl sites for hydroxylation is 1. The number of nitrogens with zero attached hydrogens (tertiary/aromatic N) is 1. The fourth-order valence-corrected chi connectivity index (χ4v) is 5.58. The summed E-state index contributed by atoms with van der Waals surface area (Å²) in [4.78, 5) is 24.6. The molecular formula is C24H25NO7S. The molecule has 1 aromatic heterocycles. The van der Waals surface area contributed by atoms with E-state index < -0.39 is 21.6 Å². The second-order valence-corrected chi connectivity index (χ2v) is 10.2. The van der Waals surface area contributed by atoms with Gasteiger partial charge in [0.2, 0.25) is 10.0 Å². The minimum atomic E-state index is -3.80. The topological polar surface area (TPSA) is 103 Å². The molecule has 0 saturated carbocycles. The highest BCUT2D eigenvalue weighted by Crippen LogP contribution is 2.23. The highest BCUT2D eigenvalue weighted by molar-refractivity contribution is 7.89. The van der Waals surface area contributed by atoms with Gasteiger partial charge in [0.25, 0.3) is 0 Å². The minimum Gasteiger partial charge on any atom is -0.457 e. The Bertz CT molecular complexity index is 1350. The van der Waals surface area contributed by atoms with Gasteiger partial charge < -0.3 is 13.9 Å². The van der Waals surface area contributed by atoms with E-state index >= 15 is 0 Å². The molecule has 0 aliphatic carbocycles. The van der Waals surface area contributed by atoms with Crippen molar-refractivity contribution in [2.24, 2.45) is 0 Å². The summed E-state index contributed by atoms with van der Waals surface area (Å²) >= 11 is 0. The molecule has 0 N–H and O–H groups in total. The number of carbonyl (C=O) groups is 1. The molecule has 0 bridgehead atoms. The zero-order chi connectivity index (χ0) is 23.8. The van der Waals surface area contributed by atoms with Gasteiger partial charge in [-0.2, -0.15) is 4.31 Å². The second-order valence-electron chi connectivity index (χ2n) is 8.27. The van der Waals surface area contributed by atoms with Crippen LogP contribution in [0.25, 0.3) is 11.0 Å². The van der Waals surface area contributed by atoms with Crippen molar-refractivity contribution in [2.45, 2.75) is 44.5 Å². The molecule has 33 heavy (non-hydrogen) atoms. The van der Waals surface area contributed by atoms with Crippen molar-refractivity contribution in [2.75, 3.05) is 13.1 Å². The van der Waals surface area contributed by atoms with Gasteiger partial charge >= 0.3 is 11.6 Å². The molecule has 1 fully saturated rings. The molecule has 1 aliphatic heterocycles. The Labute approximate surface area is 191 Å². The summed E-state index contributed by atoms with van der Waals surface area (Å²) in [6.07, 6.45) is -0.447. The molecule has 2 aromatic carbocycles. The van der Waals surface area contributed by atoms with Crippen LogP contribution in [0.15, 0.2) is 62.6 Å². The summed E-state index contributed by atoms with van der Waals surface area (Å²) in [6.45, 7) is 5.85. The first-order valence-corrected chi connectivity index (χ1v) is 12.0. The zero-order valence-electron chi connectivity index (χ0n) is 18.6. The number of morpholine rings is 1. The van der Waals surface area contributed by atoms with Gasteiger partial charge in [-0.3, -0.25) is 0 Å². The number of hydrogen-bond donors (Lipinski definition) is 0. The molecule has 0 amide bonds. The first kappa shape index (κ1) is 23.2. The van der Waals surface area contributed by atoms with Gasteiger partial charge in [0, 0.05) is 30.1 Å². The Kier molecular flexibility index (Phi) is 6.38. The Hall–Kier alpha value is -3.01. The maximum atomic E-state index is 13.1. The smallest absolute Gasteiger partial charge is 0.338 e. The summed E-state index contributed by atoms with van der Waals surface area (Å²) in [5.74, 6) is -0.690. The average molecular weight is 472 g/mol. The van der Waals surface area contributed by atoms with Crippen molar-refractivity contribution in [1.82, 2.24) is 4.31 Å². The number of fused-ring (bicyclic) bond motifs is 1. The summed E-state index contributed by atoms with van der Waals surface area (Å²) in [5, 5.41) is 0.667. The Balaban J connectivity index is 1.54. The van der Waals surface area contributed by atoms with E-state index in [0.717, 1.165) is 5.56 Å². The van der Waals surface area contributed by atoms with Crippen LogP contribution in [0.1, 0.15) is 35.3 Å². The minimum absolute atomic E-state index is 0.0135. The highest BCUT2D eigenvalue weighted by Gasteiger charge is 2.32.